The maximum Gasteiger partial charge on any atom is 0.353 e. The Balaban J connectivity index is 4.26. The first-order valence-corrected chi connectivity index (χ1v) is 6.24. The Morgan fingerprint density at radius 3 is 1.55 bits per heavy atom. The minimum atomic E-state index is -1.74. The van der Waals surface area contributed by atoms with Gasteiger partial charge in [0.25, 0.3) is 0 Å². The van der Waals surface area contributed by atoms with Crippen LogP contribution in [0, 0.1) is 0 Å². The largest absolute Gasteiger partial charge is 0.392 e. The first-order chi connectivity index (χ1) is 4.95. The van der Waals surface area contributed by atoms with Crippen molar-refractivity contribution < 1.29 is 4.43 Å². The summed E-state index contributed by atoms with van der Waals surface area (Å²) in [5, 5.41) is 0. The second-order valence-electron chi connectivity index (χ2n) is 3.16. The maximum absolute atomic E-state index is 5.74. The van der Waals surface area contributed by atoms with E-state index >= 15 is 0 Å². The summed E-state index contributed by atoms with van der Waals surface area (Å²) >= 11 is 0. The van der Waals surface area contributed by atoms with Crippen LogP contribution in [-0.2, 0) is 4.43 Å². The third-order valence-corrected chi connectivity index (χ3v) is 6.23. The standard InChI is InChI=1S/C7H20N2OSi/c1-7-10-11(6,8(2)3)9(4)5/h7H2,1-6H3. The highest BCUT2D eigenvalue weighted by atomic mass is 28.4. The highest BCUT2D eigenvalue weighted by Crippen LogP contribution is 2.09. The second kappa shape index (κ2) is 4.20. The number of hydrogen-bond acceptors (Lipinski definition) is 3. The van der Waals surface area contributed by atoms with E-state index in [-0.39, 0.29) is 0 Å². The average Bonchev–Trinajstić information content (AvgIpc) is 1.87. The second-order valence-corrected chi connectivity index (χ2v) is 7.10. The van der Waals surface area contributed by atoms with Gasteiger partial charge in [-0.05, 0) is 41.7 Å². The van der Waals surface area contributed by atoms with Crippen LogP contribution >= 0.6 is 0 Å². The zero-order chi connectivity index (χ0) is 9.07. The summed E-state index contributed by atoms with van der Waals surface area (Å²) in [5.41, 5.74) is 0. The summed E-state index contributed by atoms with van der Waals surface area (Å²) in [6.45, 7) is 5.02. The van der Waals surface area contributed by atoms with Crippen molar-refractivity contribution >= 4 is 8.64 Å². The van der Waals surface area contributed by atoms with Gasteiger partial charge in [0.15, 0.2) is 0 Å². The predicted octanol–water partition coefficient (Wildman–Crippen LogP) is 0.715. The SMILES string of the molecule is CCO[Si](C)(N(C)C)N(C)C. The molecule has 0 aromatic carbocycles. The third kappa shape index (κ3) is 2.55. The lowest BCUT2D eigenvalue weighted by Gasteiger charge is -2.37. The first kappa shape index (κ1) is 11.1. The van der Waals surface area contributed by atoms with Gasteiger partial charge in [0.05, 0.1) is 0 Å². The van der Waals surface area contributed by atoms with Gasteiger partial charge in [-0.3, -0.25) is 9.13 Å². The van der Waals surface area contributed by atoms with E-state index in [0.29, 0.717) is 0 Å². The Morgan fingerprint density at radius 1 is 1.09 bits per heavy atom. The normalized spacial score (nSPS) is 13.1. The third-order valence-electron chi connectivity index (χ3n) is 2.08. The van der Waals surface area contributed by atoms with Crippen LogP contribution in [0.2, 0.25) is 6.55 Å². The lowest BCUT2D eigenvalue weighted by molar-refractivity contribution is 0.231. The first-order valence-electron chi connectivity index (χ1n) is 3.94. The van der Waals surface area contributed by atoms with Crippen molar-refractivity contribution in [3.05, 3.63) is 0 Å². The van der Waals surface area contributed by atoms with Crippen LogP contribution in [-0.4, -0.2) is 52.6 Å². The van der Waals surface area contributed by atoms with Gasteiger partial charge in [0.2, 0.25) is 0 Å². The lowest BCUT2D eigenvalue weighted by atomic mass is 10.9. The summed E-state index contributed by atoms with van der Waals surface area (Å²) in [6.07, 6.45) is 0. The van der Waals surface area contributed by atoms with E-state index < -0.39 is 8.64 Å². The topological polar surface area (TPSA) is 15.7 Å². The van der Waals surface area contributed by atoms with Crippen molar-refractivity contribution in [2.24, 2.45) is 0 Å². The Labute approximate surface area is 71.2 Å². The molecule has 0 N–H and O–H groups in total. The zero-order valence-corrected chi connectivity index (χ0v) is 9.51. The van der Waals surface area contributed by atoms with Crippen LogP contribution in [0.5, 0.6) is 0 Å². The van der Waals surface area contributed by atoms with Gasteiger partial charge >= 0.3 is 8.64 Å². The summed E-state index contributed by atoms with van der Waals surface area (Å²) in [5.74, 6) is 0. The van der Waals surface area contributed by atoms with E-state index in [4.69, 9.17) is 4.43 Å². The summed E-state index contributed by atoms with van der Waals surface area (Å²) in [4.78, 5) is 0. The molecule has 0 spiro atoms. The molecule has 0 atom stereocenters. The molecule has 0 fully saturated rings. The monoisotopic (exact) mass is 176 g/mol. The molecule has 0 saturated heterocycles. The molecule has 4 heteroatoms. The summed E-state index contributed by atoms with van der Waals surface area (Å²) < 4.78 is 10.1. The minimum absolute atomic E-state index is 0.791. The molecule has 0 rings (SSSR count). The quantitative estimate of drug-likeness (QED) is 0.587. The molecule has 0 saturated carbocycles. The van der Waals surface area contributed by atoms with E-state index in [1.54, 1.807) is 0 Å². The predicted molar refractivity (Wildman–Crippen MR) is 50.6 cm³/mol. The van der Waals surface area contributed by atoms with Crippen molar-refractivity contribution in [1.29, 1.82) is 0 Å². The Kier molecular flexibility index (Phi) is 4.24. The molecule has 68 valence electrons. The molecule has 0 bridgehead atoms. The van der Waals surface area contributed by atoms with Crippen molar-refractivity contribution in [3.63, 3.8) is 0 Å². The van der Waals surface area contributed by atoms with Gasteiger partial charge in [0, 0.05) is 6.61 Å². The van der Waals surface area contributed by atoms with E-state index in [2.05, 4.69) is 43.9 Å². The Morgan fingerprint density at radius 2 is 1.45 bits per heavy atom. The van der Waals surface area contributed by atoms with Crippen molar-refractivity contribution in [3.8, 4) is 0 Å². The zero-order valence-electron chi connectivity index (χ0n) is 8.51. The summed E-state index contributed by atoms with van der Waals surface area (Å²) in [7, 11) is 6.55. The highest BCUT2D eigenvalue weighted by molar-refractivity contribution is 6.66. The molecular formula is C7H20N2OSi. The maximum atomic E-state index is 5.74. The van der Waals surface area contributed by atoms with Gasteiger partial charge < -0.3 is 4.43 Å². The van der Waals surface area contributed by atoms with Crippen molar-refractivity contribution in [2.75, 3.05) is 34.8 Å². The van der Waals surface area contributed by atoms with E-state index in [1.807, 2.05) is 6.92 Å². The van der Waals surface area contributed by atoms with Crippen LogP contribution in [0.15, 0.2) is 0 Å². The van der Waals surface area contributed by atoms with Crippen LogP contribution in [0.4, 0.5) is 0 Å². The molecule has 0 aromatic rings. The van der Waals surface area contributed by atoms with Crippen molar-refractivity contribution in [2.45, 2.75) is 13.5 Å². The fraction of sp³-hybridized carbons (Fsp3) is 1.00. The van der Waals surface area contributed by atoms with Crippen LogP contribution in [0.3, 0.4) is 0 Å². The van der Waals surface area contributed by atoms with Gasteiger partial charge in [-0.1, -0.05) is 0 Å². The van der Waals surface area contributed by atoms with Gasteiger partial charge in [-0.15, -0.1) is 0 Å². The highest BCUT2D eigenvalue weighted by Gasteiger charge is 2.35. The summed E-state index contributed by atoms with van der Waals surface area (Å²) in [6, 6.07) is 0. The molecule has 0 heterocycles. The molecule has 0 aliphatic rings. The van der Waals surface area contributed by atoms with Crippen LogP contribution in [0.1, 0.15) is 6.92 Å². The number of rotatable bonds is 4. The number of nitrogens with zero attached hydrogens (tertiary/aromatic N) is 2. The molecule has 3 nitrogen and oxygen atoms in total. The fourth-order valence-electron chi connectivity index (χ4n) is 0.932. The molecule has 0 radical (unpaired) electrons. The molecule has 0 unspecified atom stereocenters. The molecule has 0 aromatic heterocycles. The average molecular weight is 176 g/mol. The molecular weight excluding hydrogens is 156 g/mol. The number of hydrogen-bond donors (Lipinski definition) is 0. The fourth-order valence-corrected chi connectivity index (χ4v) is 2.79. The lowest BCUT2D eigenvalue weighted by Crippen LogP contribution is -2.60. The van der Waals surface area contributed by atoms with E-state index in [0.717, 1.165) is 6.61 Å². The smallest absolute Gasteiger partial charge is 0.353 e. The van der Waals surface area contributed by atoms with E-state index in [1.165, 1.54) is 0 Å². The molecule has 11 heavy (non-hydrogen) atoms. The van der Waals surface area contributed by atoms with E-state index in [9.17, 15) is 0 Å². The Bertz CT molecular complexity index is 109. The molecule has 0 amide bonds. The van der Waals surface area contributed by atoms with Gasteiger partial charge in [-0.25, -0.2) is 0 Å². The molecule has 0 aliphatic heterocycles. The minimum Gasteiger partial charge on any atom is -0.392 e. The van der Waals surface area contributed by atoms with Crippen LogP contribution in [0.25, 0.3) is 0 Å². The Hall–Kier alpha value is 0.0969. The van der Waals surface area contributed by atoms with Gasteiger partial charge in [0.1, 0.15) is 0 Å². The van der Waals surface area contributed by atoms with Crippen molar-refractivity contribution in [1.82, 2.24) is 9.13 Å². The van der Waals surface area contributed by atoms with Gasteiger partial charge in [-0.2, -0.15) is 0 Å². The van der Waals surface area contributed by atoms with Crippen LogP contribution < -0.4 is 0 Å². The molecule has 0 aliphatic carbocycles.